The van der Waals surface area contributed by atoms with Crippen molar-refractivity contribution in [3.8, 4) is 0 Å². The van der Waals surface area contributed by atoms with E-state index >= 15 is 0 Å². The van der Waals surface area contributed by atoms with E-state index in [2.05, 4.69) is 0 Å². The molecule has 2 N–H and O–H groups in total. The highest BCUT2D eigenvalue weighted by Gasteiger charge is 2.24. The zero-order valence-electron chi connectivity index (χ0n) is 8.66. The first-order chi connectivity index (χ1) is 7.25. The van der Waals surface area contributed by atoms with E-state index in [1.165, 1.54) is 12.1 Å². The number of halogens is 1. The maximum absolute atomic E-state index is 12.6. The second-order valence-corrected chi connectivity index (χ2v) is 4.07. The molecule has 0 radical (unpaired) electrons. The molecule has 1 saturated carbocycles. The molecule has 0 saturated heterocycles. The molecule has 1 aliphatic rings. The van der Waals surface area contributed by atoms with Crippen molar-refractivity contribution in [2.75, 3.05) is 0 Å². The fourth-order valence-electron chi connectivity index (χ4n) is 1.95. The molecule has 82 valence electrons. The van der Waals surface area contributed by atoms with Crippen LogP contribution in [0.4, 0.5) is 4.39 Å². The van der Waals surface area contributed by atoms with E-state index in [-0.39, 0.29) is 18.0 Å². The van der Waals surface area contributed by atoms with Gasteiger partial charge in [0, 0.05) is 6.04 Å². The van der Waals surface area contributed by atoms with E-state index < -0.39 is 0 Å². The minimum Gasteiger partial charge on any atom is -0.372 e. The lowest BCUT2D eigenvalue weighted by Crippen LogP contribution is -2.31. The summed E-state index contributed by atoms with van der Waals surface area (Å²) in [5.74, 6) is -0.212. The predicted octanol–water partition coefficient (Wildman–Crippen LogP) is 2.22. The maximum Gasteiger partial charge on any atom is 0.123 e. The first-order valence-corrected chi connectivity index (χ1v) is 5.37. The van der Waals surface area contributed by atoms with Gasteiger partial charge in [-0.2, -0.15) is 0 Å². The average molecular weight is 209 g/mol. The van der Waals surface area contributed by atoms with Gasteiger partial charge in [0.15, 0.2) is 0 Å². The summed E-state index contributed by atoms with van der Waals surface area (Å²) in [6.07, 6.45) is 3.42. The lowest BCUT2D eigenvalue weighted by molar-refractivity contribution is 0.0357. The van der Waals surface area contributed by atoms with E-state index in [9.17, 15) is 4.39 Å². The Bertz CT molecular complexity index is 312. The normalized spacial score (nSPS) is 25.7. The number of rotatable bonds is 3. The topological polar surface area (TPSA) is 35.2 Å². The van der Waals surface area contributed by atoms with Crippen LogP contribution >= 0.6 is 0 Å². The largest absolute Gasteiger partial charge is 0.372 e. The molecule has 0 aromatic heterocycles. The fraction of sp³-hybridized carbons (Fsp3) is 0.500. The van der Waals surface area contributed by atoms with Crippen molar-refractivity contribution in [3.05, 3.63) is 35.6 Å². The molecular formula is C12H16FNO. The summed E-state index contributed by atoms with van der Waals surface area (Å²) in [6.45, 7) is 0.526. The monoisotopic (exact) mass is 209 g/mol. The summed E-state index contributed by atoms with van der Waals surface area (Å²) < 4.78 is 18.3. The van der Waals surface area contributed by atoms with Crippen LogP contribution < -0.4 is 5.73 Å². The van der Waals surface area contributed by atoms with Crippen LogP contribution in [0.1, 0.15) is 24.8 Å². The summed E-state index contributed by atoms with van der Waals surface area (Å²) in [5, 5.41) is 0. The predicted molar refractivity (Wildman–Crippen MR) is 56.8 cm³/mol. The maximum atomic E-state index is 12.6. The van der Waals surface area contributed by atoms with Crippen molar-refractivity contribution < 1.29 is 9.13 Å². The van der Waals surface area contributed by atoms with Crippen molar-refractivity contribution in [1.29, 1.82) is 0 Å². The van der Waals surface area contributed by atoms with Gasteiger partial charge in [0.1, 0.15) is 5.82 Å². The second kappa shape index (κ2) is 4.73. The Labute approximate surface area is 89.2 Å². The van der Waals surface area contributed by atoms with Crippen LogP contribution in [-0.4, -0.2) is 12.1 Å². The number of hydrogen-bond acceptors (Lipinski definition) is 2. The van der Waals surface area contributed by atoms with E-state index in [0.717, 1.165) is 24.8 Å². The number of benzene rings is 1. The molecule has 1 aromatic rings. The quantitative estimate of drug-likeness (QED) is 0.828. The van der Waals surface area contributed by atoms with Gasteiger partial charge < -0.3 is 10.5 Å². The Balaban J connectivity index is 1.85. The molecular weight excluding hydrogens is 193 g/mol. The highest BCUT2D eigenvalue weighted by molar-refractivity contribution is 5.15. The zero-order chi connectivity index (χ0) is 10.7. The van der Waals surface area contributed by atoms with Gasteiger partial charge in [-0.15, -0.1) is 0 Å². The Kier molecular flexibility index (Phi) is 3.34. The molecule has 0 heterocycles. The Morgan fingerprint density at radius 2 is 2.00 bits per heavy atom. The number of hydrogen-bond donors (Lipinski definition) is 1. The highest BCUT2D eigenvalue weighted by Crippen LogP contribution is 2.21. The summed E-state index contributed by atoms with van der Waals surface area (Å²) in [6, 6.07) is 6.57. The molecule has 1 aromatic carbocycles. The van der Waals surface area contributed by atoms with Gasteiger partial charge >= 0.3 is 0 Å². The van der Waals surface area contributed by atoms with Crippen LogP contribution in [0.3, 0.4) is 0 Å². The van der Waals surface area contributed by atoms with Crippen LogP contribution in [0, 0.1) is 5.82 Å². The van der Waals surface area contributed by atoms with Crippen molar-refractivity contribution in [3.63, 3.8) is 0 Å². The van der Waals surface area contributed by atoms with E-state index in [0.29, 0.717) is 6.61 Å². The number of nitrogens with two attached hydrogens (primary N) is 1. The third-order valence-electron chi connectivity index (χ3n) is 2.88. The van der Waals surface area contributed by atoms with Gasteiger partial charge in [-0.1, -0.05) is 12.1 Å². The SMILES string of the molecule is NC1CCCC1OCc1ccc(F)cc1. The summed E-state index contributed by atoms with van der Waals surface area (Å²) >= 11 is 0. The highest BCUT2D eigenvalue weighted by atomic mass is 19.1. The molecule has 1 fully saturated rings. The molecule has 0 bridgehead atoms. The Hall–Kier alpha value is -0.930. The molecule has 2 nitrogen and oxygen atoms in total. The summed E-state index contributed by atoms with van der Waals surface area (Å²) in [5.41, 5.74) is 6.88. The van der Waals surface area contributed by atoms with E-state index in [1.54, 1.807) is 12.1 Å². The fourth-order valence-corrected chi connectivity index (χ4v) is 1.95. The number of ether oxygens (including phenoxy) is 1. The standard InChI is InChI=1S/C12H16FNO/c13-10-6-4-9(5-7-10)8-15-12-3-1-2-11(12)14/h4-7,11-12H,1-3,8,14H2. The minimum absolute atomic E-state index is 0.172. The average Bonchev–Trinajstić information content (AvgIpc) is 2.63. The first-order valence-electron chi connectivity index (χ1n) is 5.37. The molecule has 2 unspecified atom stereocenters. The van der Waals surface area contributed by atoms with E-state index in [1.807, 2.05) is 0 Å². The molecule has 0 spiro atoms. The third-order valence-corrected chi connectivity index (χ3v) is 2.88. The van der Waals surface area contributed by atoms with Crippen LogP contribution in [0.15, 0.2) is 24.3 Å². The van der Waals surface area contributed by atoms with Gasteiger partial charge in [-0.05, 0) is 37.0 Å². The van der Waals surface area contributed by atoms with Crippen molar-refractivity contribution in [1.82, 2.24) is 0 Å². The zero-order valence-corrected chi connectivity index (χ0v) is 8.66. The lowest BCUT2D eigenvalue weighted by Gasteiger charge is -2.16. The van der Waals surface area contributed by atoms with Gasteiger partial charge in [-0.25, -0.2) is 4.39 Å². The Morgan fingerprint density at radius 1 is 1.27 bits per heavy atom. The Morgan fingerprint density at radius 3 is 2.60 bits per heavy atom. The van der Waals surface area contributed by atoms with Crippen molar-refractivity contribution in [2.45, 2.75) is 38.0 Å². The van der Waals surface area contributed by atoms with Gasteiger partial charge in [0.25, 0.3) is 0 Å². The lowest BCUT2D eigenvalue weighted by atomic mass is 10.2. The molecule has 15 heavy (non-hydrogen) atoms. The second-order valence-electron chi connectivity index (χ2n) is 4.07. The van der Waals surface area contributed by atoms with Gasteiger partial charge in [-0.3, -0.25) is 0 Å². The first kappa shape index (κ1) is 10.6. The van der Waals surface area contributed by atoms with Crippen LogP contribution in [0.5, 0.6) is 0 Å². The minimum atomic E-state index is -0.212. The van der Waals surface area contributed by atoms with E-state index in [4.69, 9.17) is 10.5 Å². The molecule has 2 atom stereocenters. The molecule has 0 amide bonds. The van der Waals surface area contributed by atoms with Crippen molar-refractivity contribution >= 4 is 0 Å². The third kappa shape index (κ3) is 2.76. The van der Waals surface area contributed by atoms with Crippen LogP contribution in [-0.2, 0) is 11.3 Å². The van der Waals surface area contributed by atoms with Crippen LogP contribution in [0.25, 0.3) is 0 Å². The molecule has 1 aliphatic carbocycles. The summed E-state index contributed by atoms with van der Waals surface area (Å²) in [7, 11) is 0. The van der Waals surface area contributed by atoms with Gasteiger partial charge in [0.05, 0.1) is 12.7 Å². The summed E-state index contributed by atoms with van der Waals surface area (Å²) in [4.78, 5) is 0. The molecule has 3 heteroatoms. The van der Waals surface area contributed by atoms with Crippen LogP contribution in [0.2, 0.25) is 0 Å². The smallest absolute Gasteiger partial charge is 0.123 e. The molecule has 0 aliphatic heterocycles. The van der Waals surface area contributed by atoms with Crippen molar-refractivity contribution in [2.24, 2.45) is 5.73 Å². The van der Waals surface area contributed by atoms with Gasteiger partial charge in [0.2, 0.25) is 0 Å². The molecule has 2 rings (SSSR count).